The highest BCUT2D eigenvalue weighted by Gasteiger charge is 2.23. The Balaban J connectivity index is 1.66. The number of fused-ring (bicyclic) bond motifs is 1. The predicted molar refractivity (Wildman–Crippen MR) is 81.0 cm³/mol. The number of rotatable bonds is 5. The molecule has 0 aliphatic carbocycles. The van der Waals surface area contributed by atoms with E-state index in [0.717, 1.165) is 49.6 Å². The molecule has 4 nitrogen and oxygen atoms in total. The Kier molecular flexibility index (Phi) is 4.11. The van der Waals surface area contributed by atoms with Crippen molar-refractivity contribution in [2.45, 2.75) is 19.8 Å². The minimum Gasteiger partial charge on any atom is -0.381 e. The number of benzene rings is 1. The number of aromatic nitrogens is 2. The van der Waals surface area contributed by atoms with Gasteiger partial charge in [0.1, 0.15) is 5.82 Å². The predicted octanol–water partition coefficient (Wildman–Crippen LogP) is 2.88. The first-order valence-electron chi connectivity index (χ1n) is 7.41. The second kappa shape index (κ2) is 6.18. The van der Waals surface area contributed by atoms with Crippen LogP contribution >= 0.6 is 0 Å². The third-order valence-electron chi connectivity index (χ3n) is 3.75. The van der Waals surface area contributed by atoms with Crippen molar-refractivity contribution in [1.29, 1.82) is 0 Å². The van der Waals surface area contributed by atoms with Crippen molar-refractivity contribution < 1.29 is 4.74 Å². The summed E-state index contributed by atoms with van der Waals surface area (Å²) in [6.45, 7) is 5.95. The minimum absolute atomic E-state index is 0.620. The molecule has 2 aromatic rings. The van der Waals surface area contributed by atoms with Crippen molar-refractivity contribution in [3.8, 4) is 0 Å². The summed E-state index contributed by atoms with van der Waals surface area (Å²) in [5.74, 6) is 1.61. The molecule has 1 atom stereocenters. The van der Waals surface area contributed by atoms with Crippen LogP contribution in [0.15, 0.2) is 30.5 Å². The SMILES string of the molecule is CCCOC[C@@H]1CCN(c2cnc3ccccc3n2)C1. The lowest BCUT2D eigenvalue weighted by atomic mass is 10.1. The Bertz CT molecular complexity index is 572. The van der Waals surface area contributed by atoms with Gasteiger partial charge in [-0.1, -0.05) is 19.1 Å². The first kappa shape index (κ1) is 13.3. The van der Waals surface area contributed by atoms with Crippen LogP contribution in [-0.2, 0) is 4.74 Å². The van der Waals surface area contributed by atoms with Crippen LogP contribution in [0, 0.1) is 5.92 Å². The van der Waals surface area contributed by atoms with E-state index in [4.69, 9.17) is 9.72 Å². The van der Waals surface area contributed by atoms with E-state index in [1.54, 1.807) is 0 Å². The minimum atomic E-state index is 0.620. The highest BCUT2D eigenvalue weighted by Crippen LogP contribution is 2.23. The summed E-state index contributed by atoms with van der Waals surface area (Å²) in [6.07, 6.45) is 4.16. The molecule has 0 unspecified atom stereocenters. The Morgan fingerprint density at radius 2 is 2.15 bits per heavy atom. The molecular formula is C16H21N3O. The zero-order chi connectivity index (χ0) is 13.8. The van der Waals surface area contributed by atoms with Gasteiger partial charge in [0.05, 0.1) is 23.8 Å². The summed E-state index contributed by atoms with van der Waals surface area (Å²) < 4.78 is 5.66. The van der Waals surface area contributed by atoms with E-state index in [2.05, 4.69) is 16.8 Å². The van der Waals surface area contributed by atoms with Crippen LogP contribution in [-0.4, -0.2) is 36.3 Å². The van der Waals surface area contributed by atoms with E-state index in [1.807, 2.05) is 30.5 Å². The molecule has 2 heterocycles. The van der Waals surface area contributed by atoms with Crippen LogP contribution in [0.2, 0.25) is 0 Å². The maximum atomic E-state index is 5.66. The summed E-state index contributed by atoms with van der Waals surface area (Å²) in [5, 5.41) is 0. The van der Waals surface area contributed by atoms with E-state index in [1.165, 1.54) is 6.42 Å². The van der Waals surface area contributed by atoms with Crippen LogP contribution < -0.4 is 4.90 Å². The molecule has 0 N–H and O–H groups in total. The van der Waals surface area contributed by atoms with Crippen molar-refractivity contribution in [1.82, 2.24) is 9.97 Å². The number of anilines is 1. The van der Waals surface area contributed by atoms with Crippen molar-refractivity contribution in [3.63, 3.8) is 0 Å². The highest BCUT2D eigenvalue weighted by molar-refractivity contribution is 5.75. The van der Waals surface area contributed by atoms with Gasteiger partial charge < -0.3 is 9.64 Å². The van der Waals surface area contributed by atoms with Gasteiger partial charge in [0.25, 0.3) is 0 Å². The van der Waals surface area contributed by atoms with Gasteiger partial charge in [-0.15, -0.1) is 0 Å². The lowest BCUT2D eigenvalue weighted by Crippen LogP contribution is -2.22. The largest absolute Gasteiger partial charge is 0.381 e. The maximum absolute atomic E-state index is 5.66. The third-order valence-corrected chi connectivity index (χ3v) is 3.75. The molecule has 0 radical (unpaired) electrons. The van der Waals surface area contributed by atoms with Gasteiger partial charge >= 0.3 is 0 Å². The van der Waals surface area contributed by atoms with Gasteiger partial charge in [-0.25, -0.2) is 4.98 Å². The first-order chi connectivity index (χ1) is 9.86. The van der Waals surface area contributed by atoms with Gasteiger partial charge in [-0.3, -0.25) is 4.98 Å². The zero-order valence-corrected chi connectivity index (χ0v) is 12.0. The number of nitrogens with zero attached hydrogens (tertiary/aromatic N) is 3. The van der Waals surface area contributed by atoms with E-state index in [0.29, 0.717) is 5.92 Å². The molecule has 1 fully saturated rings. The Morgan fingerprint density at radius 1 is 1.30 bits per heavy atom. The number of hydrogen-bond acceptors (Lipinski definition) is 4. The monoisotopic (exact) mass is 271 g/mol. The van der Waals surface area contributed by atoms with E-state index >= 15 is 0 Å². The summed E-state index contributed by atoms with van der Waals surface area (Å²) in [5.41, 5.74) is 1.92. The standard InChI is InChI=1S/C16H21N3O/c1-2-9-20-12-13-7-8-19(11-13)16-10-17-14-5-3-4-6-15(14)18-16/h3-6,10,13H,2,7-9,11-12H2,1H3/t13-/m1/s1. The van der Waals surface area contributed by atoms with Gasteiger partial charge in [0.15, 0.2) is 0 Å². The summed E-state index contributed by atoms with van der Waals surface area (Å²) in [7, 11) is 0. The van der Waals surface area contributed by atoms with Crippen LogP contribution in [0.4, 0.5) is 5.82 Å². The van der Waals surface area contributed by atoms with E-state index < -0.39 is 0 Å². The smallest absolute Gasteiger partial charge is 0.147 e. The average Bonchev–Trinajstić information content (AvgIpc) is 2.96. The molecule has 3 rings (SSSR count). The van der Waals surface area contributed by atoms with Gasteiger partial charge in [-0.05, 0) is 25.0 Å². The molecule has 20 heavy (non-hydrogen) atoms. The first-order valence-corrected chi connectivity index (χ1v) is 7.41. The van der Waals surface area contributed by atoms with E-state index in [9.17, 15) is 0 Å². The molecule has 4 heteroatoms. The van der Waals surface area contributed by atoms with Crippen LogP contribution in [0.25, 0.3) is 11.0 Å². The molecule has 0 spiro atoms. The Morgan fingerprint density at radius 3 is 3.00 bits per heavy atom. The lowest BCUT2D eigenvalue weighted by molar-refractivity contribution is 0.106. The summed E-state index contributed by atoms with van der Waals surface area (Å²) >= 11 is 0. The van der Waals surface area contributed by atoms with Gasteiger partial charge in [-0.2, -0.15) is 0 Å². The second-order valence-corrected chi connectivity index (χ2v) is 5.39. The molecule has 0 bridgehead atoms. The van der Waals surface area contributed by atoms with Crippen molar-refractivity contribution in [2.24, 2.45) is 5.92 Å². The molecule has 1 saturated heterocycles. The lowest BCUT2D eigenvalue weighted by Gasteiger charge is -2.17. The molecular weight excluding hydrogens is 250 g/mol. The summed E-state index contributed by atoms with van der Waals surface area (Å²) in [4.78, 5) is 11.5. The van der Waals surface area contributed by atoms with Crippen LogP contribution in [0.3, 0.4) is 0 Å². The normalized spacial score (nSPS) is 18.9. The topological polar surface area (TPSA) is 38.2 Å². The number of para-hydroxylation sites is 2. The van der Waals surface area contributed by atoms with Crippen LogP contribution in [0.5, 0.6) is 0 Å². The molecule has 1 aliphatic rings. The fraction of sp³-hybridized carbons (Fsp3) is 0.500. The second-order valence-electron chi connectivity index (χ2n) is 5.39. The number of ether oxygens (including phenoxy) is 1. The number of hydrogen-bond donors (Lipinski definition) is 0. The zero-order valence-electron chi connectivity index (χ0n) is 12.0. The Labute approximate surface area is 119 Å². The summed E-state index contributed by atoms with van der Waals surface area (Å²) in [6, 6.07) is 8.01. The quantitative estimate of drug-likeness (QED) is 0.784. The molecule has 106 valence electrons. The molecule has 0 saturated carbocycles. The molecule has 1 aromatic carbocycles. The molecule has 1 aliphatic heterocycles. The van der Waals surface area contributed by atoms with E-state index in [-0.39, 0.29) is 0 Å². The fourth-order valence-corrected chi connectivity index (χ4v) is 2.67. The molecule has 1 aromatic heterocycles. The maximum Gasteiger partial charge on any atom is 0.147 e. The molecule has 0 amide bonds. The fourth-order valence-electron chi connectivity index (χ4n) is 2.67. The highest BCUT2D eigenvalue weighted by atomic mass is 16.5. The van der Waals surface area contributed by atoms with Crippen LogP contribution in [0.1, 0.15) is 19.8 Å². The average molecular weight is 271 g/mol. The van der Waals surface area contributed by atoms with Crippen molar-refractivity contribution in [3.05, 3.63) is 30.5 Å². The van der Waals surface area contributed by atoms with Gasteiger partial charge in [0.2, 0.25) is 0 Å². The van der Waals surface area contributed by atoms with Gasteiger partial charge in [0, 0.05) is 25.6 Å². The Hall–Kier alpha value is -1.68. The third kappa shape index (κ3) is 2.90. The van der Waals surface area contributed by atoms with Crippen molar-refractivity contribution >= 4 is 16.9 Å². The van der Waals surface area contributed by atoms with Crippen molar-refractivity contribution in [2.75, 3.05) is 31.2 Å².